The summed E-state index contributed by atoms with van der Waals surface area (Å²) in [5, 5.41) is 11.1. The molecule has 3 unspecified atom stereocenters. The molecule has 1 saturated carbocycles. The van der Waals surface area contributed by atoms with Crippen molar-refractivity contribution < 1.29 is 31.4 Å². The fourth-order valence-electron chi connectivity index (χ4n) is 2.07. The van der Waals surface area contributed by atoms with E-state index in [1.54, 1.807) is 0 Å². The zero-order valence-corrected chi connectivity index (χ0v) is 9.48. The molecule has 0 spiro atoms. The summed E-state index contributed by atoms with van der Waals surface area (Å²) >= 11 is 0. The van der Waals surface area contributed by atoms with E-state index in [1.165, 1.54) is 0 Å². The van der Waals surface area contributed by atoms with Gasteiger partial charge in [0.25, 0.3) is 0 Å². The van der Waals surface area contributed by atoms with Crippen LogP contribution in [0.25, 0.3) is 0 Å². The second-order valence-corrected chi connectivity index (χ2v) is 4.57. The van der Waals surface area contributed by atoms with Crippen molar-refractivity contribution in [1.82, 2.24) is 5.32 Å². The molecule has 1 aliphatic rings. The van der Waals surface area contributed by atoms with Crippen LogP contribution in [-0.4, -0.2) is 36.1 Å². The van der Waals surface area contributed by atoms with Gasteiger partial charge >= 0.3 is 12.4 Å². The van der Waals surface area contributed by atoms with Crippen LogP contribution in [-0.2, 0) is 0 Å². The van der Waals surface area contributed by atoms with Gasteiger partial charge in [0.1, 0.15) is 0 Å². The number of hydrogen-bond donors (Lipinski definition) is 2. The Balaban J connectivity index is 2.40. The number of rotatable bonds is 3. The van der Waals surface area contributed by atoms with E-state index in [4.69, 9.17) is 5.11 Å². The Labute approximate surface area is 100 Å². The predicted octanol–water partition coefficient (Wildman–Crippen LogP) is 2.62. The molecule has 2 N–H and O–H groups in total. The third-order valence-electron chi connectivity index (χ3n) is 3.11. The molecule has 0 aliphatic heterocycles. The lowest BCUT2D eigenvalue weighted by molar-refractivity contribution is -0.203. The number of nitrogens with one attached hydrogen (secondary N) is 1. The van der Waals surface area contributed by atoms with Gasteiger partial charge in [-0.1, -0.05) is 6.42 Å². The highest BCUT2D eigenvalue weighted by Crippen LogP contribution is 2.37. The van der Waals surface area contributed by atoms with Crippen molar-refractivity contribution in [2.75, 3.05) is 6.54 Å². The molecule has 0 amide bonds. The van der Waals surface area contributed by atoms with E-state index in [9.17, 15) is 26.3 Å². The first-order chi connectivity index (χ1) is 8.10. The second kappa shape index (κ2) is 5.64. The van der Waals surface area contributed by atoms with Gasteiger partial charge in [0, 0.05) is 12.6 Å². The van der Waals surface area contributed by atoms with Crippen molar-refractivity contribution in [1.29, 1.82) is 0 Å². The summed E-state index contributed by atoms with van der Waals surface area (Å²) in [5.74, 6) is -1.47. The van der Waals surface area contributed by atoms with Crippen LogP contribution in [0.3, 0.4) is 0 Å². The van der Waals surface area contributed by atoms with Crippen molar-refractivity contribution in [2.24, 2.45) is 5.92 Å². The molecule has 0 aromatic carbocycles. The van der Waals surface area contributed by atoms with Gasteiger partial charge in [-0.05, 0) is 19.3 Å². The minimum Gasteiger partial charge on any atom is -0.382 e. The maximum atomic E-state index is 12.4. The van der Waals surface area contributed by atoms with E-state index >= 15 is 0 Å². The highest BCUT2D eigenvalue weighted by atomic mass is 19.4. The first-order valence-corrected chi connectivity index (χ1v) is 5.65. The molecule has 0 bridgehead atoms. The van der Waals surface area contributed by atoms with Gasteiger partial charge in [0.2, 0.25) is 0 Å². The summed E-state index contributed by atoms with van der Waals surface area (Å²) in [5.41, 5.74) is 0. The smallest absolute Gasteiger partial charge is 0.382 e. The first kappa shape index (κ1) is 15.6. The van der Waals surface area contributed by atoms with E-state index in [2.05, 4.69) is 5.32 Å². The van der Waals surface area contributed by atoms with Crippen LogP contribution in [0, 0.1) is 5.92 Å². The van der Waals surface area contributed by atoms with Crippen LogP contribution in [0.4, 0.5) is 26.3 Å². The molecule has 3 atom stereocenters. The van der Waals surface area contributed by atoms with Crippen LogP contribution in [0.2, 0.25) is 0 Å². The van der Waals surface area contributed by atoms with Crippen molar-refractivity contribution >= 4 is 0 Å². The van der Waals surface area contributed by atoms with Crippen molar-refractivity contribution in [2.45, 2.75) is 50.2 Å². The Kier molecular flexibility index (Phi) is 4.88. The lowest BCUT2D eigenvalue weighted by atomic mass is 9.85. The summed E-state index contributed by atoms with van der Waals surface area (Å²) in [7, 11) is 0. The topological polar surface area (TPSA) is 32.3 Å². The Bertz CT molecular complexity index is 264. The van der Waals surface area contributed by atoms with Crippen molar-refractivity contribution in [3.63, 3.8) is 0 Å². The molecule has 1 rings (SSSR count). The summed E-state index contributed by atoms with van der Waals surface area (Å²) in [6, 6.07) is -0.623. The largest absolute Gasteiger partial charge is 0.415 e. The molecule has 0 radical (unpaired) electrons. The molecule has 0 heterocycles. The lowest BCUT2D eigenvalue weighted by Crippen LogP contribution is -2.45. The van der Waals surface area contributed by atoms with Crippen molar-refractivity contribution in [3.8, 4) is 0 Å². The molecule has 0 aromatic rings. The molecule has 18 heavy (non-hydrogen) atoms. The standard InChI is InChI=1S/C10H15F6NO/c11-9(12,13)6-2-1-3-7(4-6)17-5-8(18)10(14,15)16/h6-8,17-18H,1-5H2. The molecule has 0 aromatic heterocycles. The first-order valence-electron chi connectivity index (χ1n) is 5.65. The maximum Gasteiger partial charge on any atom is 0.415 e. The zero-order chi connectivity index (χ0) is 14.0. The molecule has 1 fully saturated rings. The fourth-order valence-corrected chi connectivity index (χ4v) is 2.07. The quantitative estimate of drug-likeness (QED) is 0.778. The number of aliphatic hydroxyl groups is 1. The Hall–Kier alpha value is -0.500. The minimum absolute atomic E-state index is 0.0174. The van der Waals surface area contributed by atoms with Crippen LogP contribution in [0.15, 0.2) is 0 Å². The molecular formula is C10H15F6NO. The van der Waals surface area contributed by atoms with Crippen LogP contribution in [0.1, 0.15) is 25.7 Å². The molecule has 1 aliphatic carbocycles. The number of hydrogen-bond acceptors (Lipinski definition) is 2. The SMILES string of the molecule is OC(CNC1CCCC(C(F)(F)F)C1)C(F)(F)F. The second-order valence-electron chi connectivity index (χ2n) is 4.57. The highest BCUT2D eigenvalue weighted by molar-refractivity contribution is 4.83. The number of alkyl halides is 6. The number of aliphatic hydroxyl groups excluding tert-OH is 1. The Morgan fingerprint density at radius 2 is 1.72 bits per heavy atom. The van der Waals surface area contributed by atoms with E-state index in [1.807, 2.05) is 0 Å². The third kappa shape index (κ3) is 4.64. The summed E-state index contributed by atoms with van der Waals surface area (Å²) in [6.45, 7) is -0.765. The van der Waals surface area contributed by atoms with Gasteiger partial charge in [-0.15, -0.1) is 0 Å². The molecule has 0 saturated heterocycles. The average Bonchev–Trinajstić information content (AvgIpc) is 2.23. The summed E-state index contributed by atoms with van der Waals surface area (Å²) in [4.78, 5) is 0. The van der Waals surface area contributed by atoms with E-state index < -0.39 is 37.0 Å². The van der Waals surface area contributed by atoms with Gasteiger partial charge in [-0.25, -0.2) is 0 Å². The highest BCUT2D eigenvalue weighted by Gasteiger charge is 2.43. The van der Waals surface area contributed by atoms with Crippen LogP contribution >= 0.6 is 0 Å². The van der Waals surface area contributed by atoms with Gasteiger partial charge in [0.15, 0.2) is 6.10 Å². The lowest BCUT2D eigenvalue weighted by Gasteiger charge is -2.31. The van der Waals surface area contributed by atoms with Crippen LogP contribution in [0.5, 0.6) is 0 Å². The van der Waals surface area contributed by atoms with Crippen LogP contribution < -0.4 is 5.32 Å². The Morgan fingerprint density at radius 3 is 2.22 bits per heavy atom. The van der Waals surface area contributed by atoms with E-state index in [0.29, 0.717) is 12.8 Å². The fraction of sp³-hybridized carbons (Fsp3) is 1.00. The average molecular weight is 279 g/mol. The van der Waals surface area contributed by atoms with E-state index in [-0.39, 0.29) is 12.8 Å². The third-order valence-corrected chi connectivity index (χ3v) is 3.11. The van der Waals surface area contributed by atoms with Gasteiger partial charge in [-0.2, -0.15) is 26.3 Å². The van der Waals surface area contributed by atoms with Gasteiger partial charge in [0.05, 0.1) is 5.92 Å². The van der Waals surface area contributed by atoms with Crippen molar-refractivity contribution in [3.05, 3.63) is 0 Å². The maximum absolute atomic E-state index is 12.4. The normalized spacial score (nSPS) is 28.2. The van der Waals surface area contributed by atoms with E-state index in [0.717, 1.165) is 0 Å². The molecule has 8 heteroatoms. The summed E-state index contributed by atoms with van der Waals surface area (Å²) in [6.07, 6.45) is -11.1. The molecular weight excluding hydrogens is 264 g/mol. The number of halogens is 6. The monoisotopic (exact) mass is 279 g/mol. The molecule has 108 valence electrons. The predicted molar refractivity (Wildman–Crippen MR) is 51.9 cm³/mol. The Morgan fingerprint density at radius 1 is 1.11 bits per heavy atom. The van der Waals surface area contributed by atoms with Gasteiger partial charge < -0.3 is 10.4 Å². The summed E-state index contributed by atoms with van der Waals surface area (Å²) < 4.78 is 73.3. The zero-order valence-electron chi connectivity index (χ0n) is 9.48. The minimum atomic E-state index is -4.74. The van der Waals surface area contributed by atoms with Gasteiger partial charge in [-0.3, -0.25) is 0 Å². The molecule has 2 nitrogen and oxygen atoms in total.